The molecule has 4 rings (SSSR count). The van der Waals surface area contributed by atoms with Crippen molar-refractivity contribution in [3.05, 3.63) is 47.9 Å². The van der Waals surface area contributed by atoms with Crippen molar-refractivity contribution in [2.24, 2.45) is 0 Å². The SMILES string of the molecule is CC(C)(Oc1ccc(F)c(C(F)(F)F)c1)C(=O)N[C@H]1C[C@H]2CC[C@@H](C1)N2c1ccc(S(C)(=O)=O)cn1. The number of nitrogens with one attached hydrogen (secondary N) is 1. The van der Waals surface area contributed by atoms with Gasteiger partial charge in [0.25, 0.3) is 5.91 Å². The molecule has 0 spiro atoms. The van der Waals surface area contributed by atoms with E-state index in [1.165, 1.54) is 26.1 Å². The summed E-state index contributed by atoms with van der Waals surface area (Å²) in [4.78, 5) is 19.6. The Morgan fingerprint density at radius 3 is 2.28 bits per heavy atom. The molecule has 196 valence electrons. The van der Waals surface area contributed by atoms with E-state index in [0.717, 1.165) is 25.2 Å². The number of carbonyl (C=O) groups excluding carboxylic acids is 1. The number of benzene rings is 1. The van der Waals surface area contributed by atoms with Crippen molar-refractivity contribution in [2.75, 3.05) is 11.2 Å². The van der Waals surface area contributed by atoms with Crippen LogP contribution in [-0.2, 0) is 20.8 Å². The average Bonchev–Trinajstić information content (AvgIpc) is 3.04. The number of aromatic nitrogens is 1. The Morgan fingerprint density at radius 1 is 1.11 bits per heavy atom. The van der Waals surface area contributed by atoms with E-state index in [0.29, 0.717) is 30.8 Å². The number of carbonyl (C=O) groups is 1. The van der Waals surface area contributed by atoms with Gasteiger partial charge < -0.3 is 15.0 Å². The Morgan fingerprint density at radius 2 is 1.75 bits per heavy atom. The minimum absolute atomic E-state index is 0.0982. The van der Waals surface area contributed by atoms with Crippen LogP contribution >= 0.6 is 0 Å². The third kappa shape index (κ3) is 5.42. The molecule has 0 unspecified atom stereocenters. The number of sulfone groups is 1. The third-order valence-corrected chi connectivity index (χ3v) is 7.74. The van der Waals surface area contributed by atoms with Gasteiger partial charge in [0.15, 0.2) is 15.4 Å². The number of hydrogen-bond acceptors (Lipinski definition) is 6. The Bertz CT molecular complexity index is 1230. The summed E-state index contributed by atoms with van der Waals surface area (Å²) in [5, 5.41) is 2.95. The molecule has 2 fully saturated rings. The lowest BCUT2D eigenvalue weighted by molar-refractivity contribution is -0.140. The fraction of sp³-hybridized carbons (Fsp3) is 0.500. The molecular weight excluding hydrogens is 502 g/mol. The number of fused-ring (bicyclic) bond motifs is 2. The maximum Gasteiger partial charge on any atom is 0.419 e. The van der Waals surface area contributed by atoms with Crippen LogP contribution in [0.3, 0.4) is 0 Å². The molecule has 36 heavy (non-hydrogen) atoms. The highest BCUT2D eigenvalue weighted by Crippen LogP contribution is 2.39. The standard InChI is InChI=1S/C24H27F4N3O4S/c1-23(2,35-17-6-8-20(25)19(12-17)24(26,27)28)22(32)30-14-10-15-4-5-16(11-14)31(15)21-9-7-18(13-29-21)36(3,33)34/h6-9,12-16H,4-5,10-11H2,1-3H3,(H,30,32)/t14-,15+,16-. The molecule has 2 aromatic rings. The minimum atomic E-state index is -4.89. The second-order valence-electron chi connectivity index (χ2n) is 9.81. The lowest BCUT2D eigenvalue weighted by Gasteiger charge is -2.40. The van der Waals surface area contributed by atoms with Crippen LogP contribution in [-0.4, -0.2) is 49.3 Å². The first-order valence-corrected chi connectivity index (χ1v) is 13.4. The number of halogens is 4. The summed E-state index contributed by atoms with van der Waals surface area (Å²) in [6.45, 7) is 2.88. The monoisotopic (exact) mass is 529 g/mol. The molecular formula is C24H27F4N3O4S. The van der Waals surface area contributed by atoms with E-state index in [4.69, 9.17) is 4.74 Å². The van der Waals surface area contributed by atoms with Crippen LogP contribution < -0.4 is 15.0 Å². The zero-order valence-corrected chi connectivity index (χ0v) is 20.8. The maximum absolute atomic E-state index is 13.6. The van der Waals surface area contributed by atoms with Gasteiger partial charge in [0.05, 0.1) is 10.5 Å². The molecule has 2 aliphatic rings. The summed E-state index contributed by atoms with van der Waals surface area (Å²) in [6.07, 6.45) is 0.619. The van der Waals surface area contributed by atoms with Crippen molar-refractivity contribution in [1.29, 1.82) is 0 Å². The molecule has 1 aromatic carbocycles. The van der Waals surface area contributed by atoms with Gasteiger partial charge >= 0.3 is 6.18 Å². The molecule has 1 aromatic heterocycles. The van der Waals surface area contributed by atoms with Gasteiger partial charge in [-0.05, 0) is 69.9 Å². The van der Waals surface area contributed by atoms with Crippen molar-refractivity contribution < 1.29 is 35.5 Å². The number of alkyl halides is 3. The Hall–Kier alpha value is -2.89. The highest BCUT2D eigenvalue weighted by atomic mass is 32.2. The van der Waals surface area contributed by atoms with Crippen molar-refractivity contribution in [2.45, 2.75) is 74.3 Å². The van der Waals surface area contributed by atoms with Crippen LogP contribution in [0, 0.1) is 5.82 Å². The van der Waals surface area contributed by atoms with E-state index in [2.05, 4.69) is 15.2 Å². The van der Waals surface area contributed by atoms with Crippen molar-refractivity contribution in [1.82, 2.24) is 10.3 Å². The molecule has 2 saturated heterocycles. The van der Waals surface area contributed by atoms with E-state index in [-0.39, 0.29) is 28.8 Å². The normalized spacial score (nSPS) is 22.4. The molecule has 3 atom stereocenters. The van der Waals surface area contributed by atoms with Gasteiger partial charge in [-0.25, -0.2) is 17.8 Å². The first-order valence-electron chi connectivity index (χ1n) is 11.5. The lowest BCUT2D eigenvalue weighted by atomic mass is 9.96. The van der Waals surface area contributed by atoms with E-state index in [1.807, 2.05) is 0 Å². The maximum atomic E-state index is 13.6. The number of pyridine rings is 1. The lowest BCUT2D eigenvalue weighted by Crippen LogP contribution is -2.55. The second-order valence-corrected chi connectivity index (χ2v) is 11.8. The van der Waals surface area contributed by atoms with Crippen LogP contribution in [0.4, 0.5) is 23.4 Å². The molecule has 12 heteroatoms. The second kappa shape index (κ2) is 9.20. The van der Waals surface area contributed by atoms with E-state index < -0.39 is 38.9 Å². The molecule has 3 heterocycles. The third-order valence-electron chi connectivity index (χ3n) is 6.64. The zero-order valence-electron chi connectivity index (χ0n) is 20.0. The van der Waals surface area contributed by atoms with Crippen LogP contribution in [0.5, 0.6) is 5.75 Å². The highest BCUT2D eigenvalue weighted by Gasteiger charge is 2.43. The average molecular weight is 530 g/mol. The molecule has 2 aliphatic heterocycles. The van der Waals surface area contributed by atoms with Gasteiger partial charge in [-0.2, -0.15) is 13.2 Å². The van der Waals surface area contributed by atoms with Gasteiger partial charge in [-0.15, -0.1) is 0 Å². The largest absolute Gasteiger partial charge is 0.478 e. The number of hydrogen-bond donors (Lipinski definition) is 1. The van der Waals surface area contributed by atoms with Gasteiger partial charge in [-0.1, -0.05) is 0 Å². The fourth-order valence-electron chi connectivity index (χ4n) is 4.90. The number of ether oxygens (including phenoxy) is 1. The first-order chi connectivity index (χ1) is 16.6. The van der Waals surface area contributed by atoms with Crippen LogP contribution in [0.15, 0.2) is 41.4 Å². The number of rotatable bonds is 6. The zero-order chi connectivity index (χ0) is 26.5. The predicted molar refractivity (Wildman–Crippen MR) is 124 cm³/mol. The summed E-state index contributed by atoms with van der Waals surface area (Å²) in [7, 11) is -3.35. The van der Waals surface area contributed by atoms with Crippen molar-refractivity contribution in [3.8, 4) is 5.75 Å². The first kappa shape index (κ1) is 26.2. The minimum Gasteiger partial charge on any atom is -0.478 e. The van der Waals surface area contributed by atoms with Crippen LogP contribution in [0.1, 0.15) is 45.1 Å². The van der Waals surface area contributed by atoms with Gasteiger partial charge in [-0.3, -0.25) is 4.79 Å². The molecule has 2 bridgehead atoms. The molecule has 0 saturated carbocycles. The Kier molecular flexibility index (Phi) is 6.69. The molecule has 0 aliphatic carbocycles. The summed E-state index contributed by atoms with van der Waals surface area (Å²) in [5.41, 5.74) is -2.96. The van der Waals surface area contributed by atoms with E-state index in [1.54, 1.807) is 6.07 Å². The Balaban J connectivity index is 1.41. The summed E-state index contributed by atoms with van der Waals surface area (Å²) < 4.78 is 81.6. The molecule has 0 radical (unpaired) electrons. The van der Waals surface area contributed by atoms with Gasteiger partial charge in [0, 0.05) is 30.6 Å². The smallest absolute Gasteiger partial charge is 0.419 e. The van der Waals surface area contributed by atoms with Crippen LogP contribution in [0.25, 0.3) is 0 Å². The van der Waals surface area contributed by atoms with Gasteiger partial charge in [0.1, 0.15) is 17.4 Å². The Labute approximate surface area is 206 Å². The fourth-order valence-corrected chi connectivity index (χ4v) is 5.46. The highest BCUT2D eigenvalue weighted by molar-refractivity contribution is 7.90. The topological polar surface area (TPSA) is 88.6 Å². The van der Waals surface area contributed by atoms with Crippen molar-refractivity contribution in [3.63, 3.8) is 0 Å². The van der Waals surface area contributed by atoms with E-state index in [9.17, 15) is 30.8 Å². The number of anilines is 1. The summed E-state index contributed by atoms with van der Waals surface area (Å²) in [5.74, 6) is -1.49. The number of amides is 1. The predicted octanol–water partition coefficient (Wildman–Crippen LogP) is 4.12. The summed E-state index contributed by atoms with van der Waals surface area (Å²) in [6, 6.07) is 5.51. The molecule has 7 nitrogen and oxygen atoms in total. The quantitative estimate of drug-likeness (QED) is 0.567. The van der Waals surface area contributed by atoms with Crippen LogP contribution in [0.2, 0.25) is 0 Å². The molecule has 1 N–H and O–H groups in total. The van der Waals surface area contributed by atoms with Crippen molar-refractivity contribution >= 4 is 21.6 Å². The van der Waals surface area contributed by atoms with E-state index >= 15 is 0 Å². The summed E-state index contributed by atoms with van der Waals surface area (Å²) >= 11 is 0. The van der Waals surface area contributed by atoms with Gasteiger partial charge in [0.2, 0.25) is 0 Å². The number of piperidine rings is 1. The number of nitrogens with zero attached hydrogens (tertiary/aromatic N) is 2. The molecule has 1 amide bonds.